The van der Waals surface area contributed by atoms with Crippen LogP contribution in [0.4, 0.5) is 4.79 Å². The second kappa shape index (κ2) is 13.4. The smallest absolute Gasteiger partial charge is 0.137 e. The van der Waals surface area contributed by atoms with E-state index < -0.39 is 6.09 Å². The first-order chi connectivity index (χ1) is 19.2. The van der Waals surface area contributed by atoms with Gasteiger partial charge in [0.1, 0.15) is 6.09 Å². The van der Waals surface area contributed by atoms with Crippen LogP contribution in [0.15, 0.2) is 97.1 Å². The minimum Gasteiger partial charge on any atom is -0.530 e. The molecule has 0 spiro atoms. The lowest BCUT2D eigenvalue weighted by atomic mass is 9.86. The average Bonchev–Trinajstić information content (AvgIpc) is 2.98. The van der Waals surface area contributed by atoms with E-state index in [4.69, 9.17) is 14.2 Å². The van der Waals surface area contributed by atoms with Gasteiger partial charge in [-0.05, 0) is 45.5 Å². The van der Waals surface area contributed by atoms with Gasteiger partial charge in [0.15, 0.2) is 0 Å². The molecule has 1 amide bonds. The molecule has 4 aromatic carbocycles. The number of hydrogen-bond acceptors (Lipinski definition) is 5. The van der Waals surface area contributed by atoms with Crippen LogP contribution in [0, 0.1) is 0 Å². The standard InChI is InChI=1S/C33H35NO5/c35-33(36)34-17-16-31(32(21-34)39-24-27-12-13-28-8-4-5-9-30(28)20-27)29-14-10-26(11-15-29)23-38-19-18-37-22-25-6-2-1-3-7-25/h1-15,20,31-32H,16-19,21-24H2,(H,35,36)/p-1. The predicted octanol–water partition coefficient (Wildman–Crippen LogP) is 5.29. The molecule has 4 aromatic rings. The molecular weight excluding hydrogens is 490 g/mol. The number of hydrogen-bond donors (Lipinski definition) is 0. The van der Waals surface area contributed by atoms with Crippen LogP contribution in [-0.2, 0) is 34.0 Å². The van der Waals surface area contributed by atoms with Crippen LogP contribution < -0.4 is 5.11 Å². The number of likely N-dealkylation sites (tertiary alicyclic amines) is 1. The van der Waals surface area contributed by atoms with Gasteiger partial charge in [-0.3, -0.25) is 0 Å². The Morgan fingerprint density at radius 3 is 2.10 bits per heavy atom. The highest BCUT2D eigenvalue weighted by Crippen LogP contribution is 2.31. The van der Waals surface area contributed by atoms with E-state index in [-0.39, 0.29) is 12.0 Å². The molecule has 0 aromatic heterocycles. The number of carbonyl (C=O) groups is 1. The second-order valence-electron chi connectivity index (χ2n) is 9.97. The molecule has 6 heteroatoms. The topological polar surface area (TPSA) is 71.1 Å². The number of nitrogens with zero attached hydrogens (tertiary/aromatic N) is 1. The number of benzene rings is 4. The Labute approximate surface area is 229 Å². The monoisotopic (exact) mass is 524 g/mol. The summed E-state index contributed by atoms with van der Waals surface area (Å²) in [5, 5.41) is 13.9. The lowest BCUT2D eigenvalue weighted by molar-refractivity contribution is -0.268. The van der Waals surface area contributed by atoms with Crippen molar-refractivity contribution in [2.45, 2.75) is 38.3 Å². The summed E-state index contributed by atoms with van der Waals surface area (Å²) in [6.45, 7) is 3.33. The van der Waals surface area contributed by atoms with Crippen molar-refractivity contribution < 1.29 is 24.1 Å². The van der Waals surface area contributed by atoms with Gasteiger partial charge in [-0.1, -0.05) is 91.0 Å². The summed E-state index contributed by atoms with van der Waals surface area (Å²) in [5.41, 5.74) is 4.45. The van der Waals surface area contributed by atoms with Crippen LogP contribution in [0.5, 0.6) is 0 Å². The fourth-order valence-corrected chi connectivity index (χ4v) is 5.10. The molecule has 202 valence electrons. The molecule has 6 nitrogen and oxygen atoms in total. The van der Waals surface area contributed by atoms with Crippen LogP contribution in [0.1, 0.15) is 34.6 Å². The first kappa shape index (κ1) is 26.9. The van der Waals surface area contributed by atoms with Gasteiger partial charge in [0.2, 0.25) is 0 Å². The number of ether oxygens (including phenoxy) is 3. The number of piperidine rings is 1. The summed E-state index contributed by atoms with van der Waals surface area (Å²) >= 11 is 0. The Morgan fingerprint density at radius 1 is 0.744 bits per heavy atom. The van der Waals surface area contributed by atoms with E-state index in [0.717, 1.165) is 27.6 Å². The minimum atomic E-state index is -1.15. The molecule has 1 aliphatic heterocycles. The molecule has 0 radical (unpaired) electrons. The molecule has 0 aliphatic carbocycles. The first-order valence-electron chi connectivity index (χ1n) is 13.5. The maximum atomic E-state index is 11.6. The molecular formula is C33H34NO5-. The number of carbonyl (C=O) groups excluding carboxylic acids is 1. The largest absolute Gasteiger partial charge is 0.530 e. The lowest BCUT2D eigenvalue weighted by Gasteiger charge is -2.40. The molecule has 0 N–H and O–H groups in total. The van der Waals surface area contributed by atoms with Crippen LogP contribution in [-0.4, -0.2) is 43.4 Å². The molecule has 5 rings (SSSR count). The van der Waals surface area contributed by atoms with Crippen LogP contribution in [0.2, 0.25) is 0 Å². The van der Waals surface area contributed by atoms with Gasteiger partial charge in [-0.2, -0.15) is 0 Å². The van der Waals surface area contributed by atoms with Gasteiger partial charge in [0.05, 0.1) is 39.1 Å². The molecule has 1 heterocycles. The second-order valence-corrected chi connectivity index (χ2v) is 9.97. The molecule has 1 saturated heterocycles. The third-order valence-corrected chi connectivity index (χ3v) is 7.26. The molecule has 39 heavy (non-hydrogen) atoms. The van der Waals surface area contributed by atoms with Gasteiger partial charge in [0, 0.05) is 19.0 Å². The zero-order chi connectivity index (χ0) is 26.9. The predicted molar refractivity (Wildman–Crippen MR) is 149 cm³/mol. The number of rotatable bonds is 11. The SMILES string of the molecule is O=C([O-])N1CCC(c2ccc(COCCOCc3ccccc3)cc2)C(OCc2ccc3ccccc3c2)C1. The fraction of sp³-hybridized carbons (Fsp3) is 0.303. The van der Waals surface area contributed by atoms with E-state index in [9.17, 15) is 9.90 Å². The summed E-state index contributed by atoms with van der Waals surface area (Å²) in [5.74, 6) is 0.0995. The Bertz CT molecular complexity index is 1340. The van der Waals surface area contributed by atoms with Crippen molar-refractivity contribution in [2.24, 2.45) is 0 Å². The summed E-state index contributed by atoms with van der Waals surface area (Å²) in [6, 6.07) is 33.0. The highest BCUT2D eigenvalue weighted by atomic mass is 16.5. The Balaban J connectivity index is 1.14. The molecule has 2 atom stereocenters. The van der Waals surface area contributed by atoms with Crippen molar-refractivity contribution in [1.29, 1.82) is 0 Å². The van der Waals surface area contributed by atoms with E-state index in [1.165, 1.54) is 10.3 Å². The van der Waals surface area contributed by atoms with Crippen molar-refractivity contribution in [3.63, 3.8) is 0 Å². The third kappa shape index (κ3) is 7.45. The Hall–Kier alpha value is -3.71. The molecule has 0 saturated carbocycles. The summed E-state index contributed by atoms with van der Waals surface area (Å²) < 4.78 is 17.8. The van der Waals surface area contributed by atoms with Gasteiger partial charge in [0.25, 0.3) is 0 Å². The number of amides is 1. The van der Waals surface area contributed by atoms with Crippen molar-refractivity contribution in [3.8, 4) is 0 Å². The Kier molecular flexibility index (Phi) is 9.22. The van der Waals surface area contributed by atoms with Crippen LogP contribution in [0.25, 0.3) is 10.8 Å². The van der Waals surface area contributed by atoms with Crippen molar-refractivity contribution >= 4 is 16.9 Å². The molecule has 0 bridgehead atoms. The molecule has 2 unspecified atom stereocenters. The van der Waals surface area contributed by atoms with E-state index in [0.29, 0.717) is 52.5 Å². The highest BCUT2D eigenvalue weighted by molar-refractivity contribution is 5.82. The van der Waals surface area contributed by atoms with E-state index in [1.807, 2.05) is 42.5 Å². The minimum absolute atomic E-state index is 0.0995. The number of carboxylic acid groups (broad SMARTS) is 1. The highest BCUT2D eigenvalue weighted by Gasteiger charge is 2.31. The zero-order valence-electron chi connectivity index (χ0n) is 22.0. The number of fused-ring (bicyclic) bond motifs is 1. The van der Waals surface area contributed by atoms with Gasteiger partial charge in [-0.25, -0.2) is 0 Å². The van der Waals surface area contributed by atoms with Gasteiger partial charge >= 0.3 is 0 Å². The zero-order valence-corrected chi connectivity index (χ0v) is 22.0. The summed E-state index contributed by atoms with van der Waals surface area (Å²) in [6.07, 6.45) is -0.717. The normalized spacial score (nSPS) is 17.4. The van der Waals surface area contributed by atoms with Crippen LogP contribution >= 0.6 is 0 Å². The van der Waals surface area contributed by atoms with Crippen LogP contribution in [0.3, 0.4) is 0 Å². The third-order valence-electron chi connectivity index (χ3n) is 7.26. The van der Waals surface area contributed by atoms with E-state index >= 15 is 0 Å². The molecule has 1 fully saturated rings. The summed E-state index contributed by atoms with van der Waals surface area (Å²) in [4.78, 5) is 12.9. The lowest BCUT2D eigenvalue weighted by Crippen LogP contribution is -2.51. The molecule has 1 aliphatic rings. The average molecular weight is 525 g/mol. The maximum Gasteiger partial charge on any atom is 0.137 e. The maximum absolute atomic E-state index is 11.6. The fourth-order valence-electron chi connectivity index (χ4n) is 5.10. The summed E-state index contributed by atoms with van der Waals surface area (Å²) in [7, 11) is 0. The van der Waals surface area contributed by atoms with E-state index in [2.05, 4.69) is 54.6 Å². The Morgan fingerprint density at radius 2 is 1.38 bits per heavy atom. The van der Waals surface area contributed by atoms with Gasteiger partial charge in [-0.15, -0.1) is 0 Å². The van der Waals surface area contributed by atoms with Crippen molar-refractivity contribution in [1.82, 2.24) is 4.90 Å². The van der Waals surface area contributed by atoms with E-state index in [1.54, 1.807) is 0 Å². The van der Waals surface area contributed by atoms with Crippen molar-refractivity contribution in [2.75, 3.05) is 26.3 Å². The van der Waals surface area contributed by atoms with Gasteiger partial charge < -0.3 is 29.0 Å². The quantitative estimate of drug-likeness (QED) is 0.249. The first-order valence-corrected chi connectivity index (χ1v) is 13.5. The van der Waals surface area contributed by atoms with Crippen molar-refractivity contribution in [3.05, 3.63) is 119 Å².